The number of aromatic nitrogens is 3. The van der Waals surface area contributed by atoms with Gasteiger partial charge in [0.2, 0.25) is 17.7 Å². The number of anilines is 2. The maximum atomic E-state index is 12.8. The van der Waals surface area contributed by atoms with Gasteiger partial charge in [-0.05, 0) is 33.6 Å². The minimum atomic E-state index is -4.64. The molecule has 0 bridgehead atoms. The second kappa shape index (κ2) is 8.14. The maximum absolute atomic E-state index is 12.8. The van der Waals surface area contributed by atoms with Gasteiger partial charge < -0.3 is 10.6 Å². The van der Waals surface area contributed by atoms with E-state index in [0.29, 0.717) is 0 Å². The zero-order valence-corrected chi connectivity index (χ0v) is 14.8. The van der Waals surface area contributed by atoms with Crippen LogP contribution in [0.5, 0.6) is 0 Å². The number of hydrogen-bond donors (Lipinski definition) is 2. The van der Waals surface area contributed by atoms with Gasteiger partial charge in [0, 0.05) is 0 Å². The van der Waals surface area contributed by atoms with Crippen LogP contribution in [0.2, 0.25) is 0 Å². The molecule has 12 heteroatoms. The van der Waals surface area contributed by atoms with Gasteiger partial charge >= 0.3 is 12.4 Å². The van der Waals surface area contributed by atoms with Crippen molar-refractivity contribution < 1.29 is 30.7 Å². The molecule has 152 valence electrons. The molecule has 0 fully saturated rings. The molecule has 1 aromatic heterocycles. The molecule has 1 aromatic rings. The van der Waals surface area contributed by atoms with Crippen LogP contribution in [0.25, 0.3) is 0 Å². The highest BCUT2D eigenvalue weighted by Crippen LogP contribution is 2.24. The topological polar surface area (TPSA) is 62.7 Å². The standard InChI is InChI=1S/C15H18F7N5/c1-8(14(17,18)19)23-11-25-10(5-6-13(3,4)7-16)26-12(27-11)24-9(2)15(20,21)22/h8-9H,7H2,1-4H3,(H2,23,24,25,26,27)/t8-,9-/m1/s1. The highest BCUT2D eigenvalue weighted by Gasteiger charge is 2.38. The Kier molecular flexibility index (Phi) is 6.85. The third-order valence-corrected chi connectivity index (χ3v) is 3.16. The van der Waals surface area contributed by atoms with Gasteiger partial charge in [-0.15, -0.1) is 0 Å². The summed E-state index contributed by atoms with van der Waals surface area (Å²) < 4.78 is 88.9. The fourth-order valence-electron chi connectivity index (χ4n) is 1.37. The van der Waals surface area contributed by atoms with E-state index in [1.165, 1.54) is 13.8 Å². The minimum absolute atomic E-state index is 0.403. The molecule has 0 aliphatic carbocycles. The summed E-state index contributed by atoms with van der Waals surface area (Å²) in [6.45, 7) is 3.66. The molecule has 27 heavy (non-hydrogen) atoms. The molecule has 0 aliphatic heterocycles. The van der Waals surface area contributed by atoms with E-state index in [1.807, 2.05) is 10.6 Å². The third-order valence-electron chi connectivity index (χ3n) is 3.16. The van der Waals surface area contributed by atoms with Crippen LogP contribution in [-0.2, 0) is 0 Å². The highest BCUT2D eigenvalue weighted by atomic mass is 19.4. The van der Waals surface area contributed by atoms with E-state index < -0.39 is 54.2 Å². The summed E-state index contributed by atoms with van der Waals surface area (Å²) in [5, 5.41) is 3.87. The fourth-order valence-corrected chi connectivity index (χ4v) is 1.37. The van der Waals surface area contributed by atoms with Gasteiger partial charge in [-0.3, -0.25) is 0 Å². The predicted molar refractivity (Wildman–Crippen MR) is 84.7 cm³/mol. The van der Waals surface area contributed by atoms with Gasteiger partial charge in [0.05, 0.1) is 5.41 Å². The smallest absolute Gasteiger partial charge is 0.343 e. The van der Waals surface area contributed by atoms with Crippen LogP contribution in [0.1, 0.15) is 33.5 Å². The lowest BCUT2D eigenvalue weighted by atomic mass is 9.97. The largest absolute Gasteiger partial charge is 0.408 e. The Bertz CT molecular complexity index is 663. The molecule has 1 rings (SSSR count). The Morgan fingerprint density at radius 3 is 1.59 bits per heavy atom. The summed E-state index contributed by atoms with van der Waals surface area (Å²) in [4.78, 5) is 10.8. The quantitative estimate of drug-likeness (QED) is 0.578. The molecule has 0 radical (unpaired) electrons. The summed E-state index contributed by atoms with van der Waals surface area (Å²) in [5.41, 5.74) is -1.09. The first-order valence-corrected chi connectivity index (χ1v) is 7.66. The van der Waals surface area contributed by atoms with Crippen LogP contribution in [0.15, 0.2) is 0 Å². The van der Waals surface area contributed by atoms with Crippen molar-refractivity contribution in [1.82, 2.24) is 15.0 Å². The zero-order valence-electron chi connectivity index (χ0n) is 14.8. The number of nitrogens with zero attached hydrogens (tertiary/aromatic N) is 3. The van der Waals surface area contributed by atoms with Crippen LogP contribution in [-0.4, -0.2) is 46.1 Å². The third kappa shape index (κ3) is 7.44. The van der Waals surface area contributed by atoms with Gasteiger partial charge in [0.25, 0.3) is 0 Å². The van der Waals surface area contributed by atoms with Gasteiger partial charge in [-0.1, -0.05) is 5.92 Å². The van der Waals surface area contributed by atoms with E-state index in [9.17, 15) is 30.7 Å². The predicted octanol–water partition coefficient (Wildman–Crippen LogP) is 3.94. The van der Waals surface area contributed by atoms with Crippen molar-refractivity contribution in [2.75, 3.05) is 17.3 Å². The lowest BCUT2D eigenvalue weighted by Crippen LogP contribution is -2.35. The van der Waals surface area contributed by atoms with Gasteiger partial charge in [0.1, 0.15) is 18.8 Å². The zero-order chi connectivity index (χ0) is 21.0. The summed E-state index contributed by atoms with van der Waals surface area (Å²) in [5.74, 6) is 3.18. The number of rotatable bonds is 5. The molecular weight excluding hydrogens is 383 g/mol. The van der Waals surface area contributed by atoms with Crippen molar-refractivity contribution in [3.8, 4) is 11.8 Å². The van der Waals surface area contributed by atoms with Gasteiger partial charge in [-0.2, -0.15) is 41.3 Å². The van der Waals surface area contributed by atoms with Crippen molar-refractivity contribution in [3.63, 3.8) is 0 Å². The first-order valence-electron chi connectivity index (χ1n) is 7.66. The fraction of sp³-hybridized carbons (Fsp3) is 0.667. The molecule has 0 aliphatic rings. The lowest BCUT2D eigenvalue weighted by molar-refractivity contribution is -0.139. The van der Waals surface area contributed by atoms with Crippen LogP contribution < -0.4 is 10.6 Å². The molecule has 0 saturated carbocycles. The molecule has 0 aromatic carbocycles. The van der Waals surface area contributed by atoms with Crippen LogP contribution in [0.3, 0.4) is 0 Å². The second-order valence-electron chi connectivity index (χ2n) is 6.39. The number of alkyl halides is 7. The SMILES string of the molecule is C[C@@H](Nc1nc(C#CC(C)(C)CF)nc(N[C@H](C)C(F)(F)F)n1)C(F)(F)F. The van der Waals surface area contributed by atoms with Crippen molar-refractivity contribution >= 4 is 11.9 Å². The lowest BCUT2D eigenvalue weighted by Gasteiger charge is -2.19. The molecule has 2 N–H and O–H groups in total. The van der Waals surface area contributed by atoms with Crippen LogP contribution >= 0.6 is 0 Å². The van der Waals surface area contributed by atoms with Gasteiger partial charge in [-0.25, -0.2) is 4.39 Å². The molecule has 0 saturated heterocycles. The van der Waals surface area contributed by atoms with E-state index in [2.05, 4.69) is 26.8 Å². The average Bonchev–Trinajstić information content (AvgIpc) is 2.51. The van der Waals surface area contributed by atoms with Crippen LogP contribution in [0.4, 0.5) is 42.6 Å². The molecular formula is C15H18F7N5. The Balaban J connectivity index is 3.26. The normalized spacial score (nSPS) is 14.8. The summed E-state index contributed by atoms with van der Waals surface area (Å²) in [7, 11) is 0. The van der Waals surface area contributed by atoms with Crippen molar-refractivity contribution in [3.05, 3.63) is 5.82 Å². The van der Waals surface area contributed by atoms with E-state index in [4.69, 9.17) is 0 Å². The van der Waals surface area contributed by atoms with E-state index in [-0.39, 0.29) is 0 Å². The van der Waals surface area contributed by atoms with Crippen molar-refractivity contribution in [1.29, 1.82) is 0 Å². The Hall–Kier alpha value is -2.32. The second-order valence-corrected chi connectivity index (χ2v) is 6.39. The monoisotopic (exact) mass is 401 g/mol. The van der Waals surface area contributed by atoms with E-state index >= 15 is 0 Å². The number of halogens is 7. The first kappa shape index (κ1) is 22.7. The average molecular weight is 401 g/mol. The molecule has 0 spiro atoms. The van der Waals surface area contributed by atoms with E-state index in [0.717, 1.165) is 13.8 Å². The maximum Gasteiger partial charge on any atom is 0.408 e. The highest BCUT2D eigenvalue weighted by molar-refractivity contribution is 5.40. The van der Waals surface area contributed by atoms with Crippen molar-refractivity contribution in [2.45, 2.75) is 52.1 Å². The van der Waals surface area contributed by atoms with E-state index in [1.54, 1.807) is 0 Å². The van der Waals surface area contributed by atoms with Crippen LogP contribution in [0, 0.1) is 17.3 Å². The summed E-state index contributed by atoms with van der Waals surface area (Å²) in [6, 6.07) is -4.15. The Morgan fingerprint density at radius 2 is 1.26 bits per heavy atom. The van der Waals surface area contributed by atoms with Crippen molar-refractivity contribution in [2.24, 2.45) is 5.41 Å². The Morgan fingerprint density at radius 1 is 0.852 bits per heavy atom. The first-order chi connectivity index (χ1) is 12.1. The number of hydrogen-bond acceptors (Lipinski definition) is 5. The summed E-state index contributed by atoms with van der Waals surface area (Å²) >= 11 is 0. The molecule has 2 atom stereocenters. The molecule has 5 nitrogen and oxygen atoms in total. The Labute approximate surface area is 151 Å². The van der Waals surface area contributed by atoms with Gasteiger partial charge in [0.15, 0.2) is 0 Å². The minimum Gasteiger partial charge on any atom is -0.343 e. The molecule has 0 amide bonds. The molecule has 0 unspecified atom stereocenters. The molecule has 1 heterocycles. The number of nitrogens with one attached hydrogen (secondary N) is 2. The summed E-state index contributed by atoms with van der Waals surface area (Å²) in [6.07, 6.45) is -9.27.